The lowest BCUT2D eigenvalue weighted by atomic mass is 9.96. The first-order chi connectivity index (χ1) is 15.3. The Balaban J connectivity index is 1.78. The molecular weight excluding hydrogens is 443 g/mol. The van der Waals surface area contributed by atoms with Crippen LogP contribution in [-0.4, -0.2) is 51.3 Å². The summed E-state index contributed by atoms with van der Waals surface area (Å²) in [5.74, 6) is 0.775. The topological polar surface area (TPSA) is 59.4 Å². The molecule has 33 heavy (non-hydrogen) atoms. The van der Waals surface area contributed by atoms with Crippen molar-refractivity contribution in [1.82, 2.24) is 19.8 Å². The summed E-state index contributed by atoms with van der Waals surface area (Å²) in [5.41, 5.74) is 1.08. The first kappa shape index (κ1) is 25.5. The molecule has 0 unspecified atom stereocenters. The number of nitrogens with one attached hydrogen (secondary N) is 1. The second-order valence-electron chi connectivity index (χ2n) is 10.7. The van der Waals surface area contributed by atoms with Gasteiger partial charge >= 0.3 is 6.09 Å². The highest BCUT2D eigenvalue weighted by atomic mass is 35.5. The van der Waals surface area contributed by atoms with Crippen LogP contribution in [0.1, 0.15) is 66.1 Å². The maximum Gasteiger partial charge on any atom is 0.410 e. The average Bonchev–Trinajstić information content (AvgIpc) is 3.12. The van der Waals surface area contributed by atoms with Gasteiger partial charge in [-0.05, 0) is 72.6 Å². The van der Waals surface area contributed by atoms with E-state index < -0.39 is 11.4 Å². The van der Waals surface area contributed by atoms with Gasteiger partial charge in [0.05, 0.1) is 10.7 Å². The van der Waals surface area contributed by atoms with Gasteiger partial charge < -0.3 is 19.5 Å². The zero-order valence-electron chi connectivity index (χ0n) is 20.5. The number of imidazole rings is 1. The number of hydrogen-bond acceptors (Lipinski definition) is 4. The number of carbonyl (C=O) groups excluding carboxylic acids is 1. The number of piperidine rings is 1. The molecule has 3 rings (SSSR count). The molecule has 182 valence electrons. The first-order valence-electron chi connectivity index (χ1n) is 11.6. The van der Waals surface area contributed by atoms with Crippen molar-refractivity contribution in [1.29, 1.82) is 0 Å². The van der Waals surface area contributed by atoms with E-state index >= 15 is 0 Å². The van der Waals surface area contributed by atoms with Crippen LogP contribution in [0.25, 0.3) is 11.3 Å². The van der Waals surface area contributed by atoms with Gasteiger partial charge in [-0.3, -0.25) is 0 Å². The van der Waals surface area contributed by atoms with Crippen LogP contribution in [0, 0.1) is 5.82 Å². The van der Waals surface area contributed by atoms with Crippen molar-refractivity contribution in [3.63, 3.8) is 0 Å². The Hall–Kier alpha value is -2.12. The minimum Gasteiger partial charge on any atom is -0.444 e. The normalized spacial score (nSPS) is 15.7. The zero-order chi connectivity index (χ0) is 24.4. The van der Waals surface area contributed by atoms with Crippen LogP contribution < -0.4 is 5.32 Å². The molecule has 2 aromatic rings. The van der Waals surface area contributed by atoms with Gasteiger partial charge in [-0.15, -0.1) is 0 Å². The van der Waals surface area contributed by atoms with Crippen molar-refractivity contribution in [2.24, 2.45) is 0 Å². The molecule has 1 aliphatic rings. The highest BCUT2D eigenvalue weighted by Crippen LogP contribution is 2.31. The van der Waals surface area contributed by atoms with Gasteiger partial charge in [0.25, 0.3) is 0 Å². The minimum atomic E-state index is -0.504. The summed E-state index contributed by atoms with van der Waals surface area (Å²) in [7, 11) is 0. The van der Waals surface area contributed by atoms with Gasteiger partial charge in [0, 0.05) is 49.4 Å². The molecule has 1 aromatic carbocycles. The maximum atomic E-state index is 13.7. The average molecular weight is 479 g/mol. The quantitative estimate of drug-likeness (QED) is 0.586. The van der Waals surface area contributed by atoms with Gasteiger partial charge in [-0.25, -0.2) is 14.2 Å². The second-order valence-corrected chi connectivity index (χ2v) is 11.1. The van der Waals surface area contributed by atoms with Gasteiger partial charge in [0.2, 0.25) is 0 Å². The number of hydrogen-bond donors (Lipinski definition) is 1. The van der Waals surface area contributed by atoms with Crippen molar-refractivity contribution in [2.45, 2.75) is 78.0 Å². The smallest absolute Gasteiger partial charge is 0.410 e. The van der Waals surface area contributed by atoms with E-state index in [1.54, 1.807) is 17.0 Å². The third-order valence-electron chi connectivity index (χ3n) is 5.54. The molecular formula is C25H36ClFN4O2. The number of benzene rings is 1. The molecule has 0 saturated carbocycles. The summed E-state index contributed by atoms with van der Waals surface area (Å²) in [6, 6.07) is 4.69. The van der Waals surface area contributed by atoms with E-state index in [1.807, 2.05) is 27.0 Å². The molecule has 6 nitrogen and oxygen atoms in total. The highest BCUT2D eigenvalue weighted by Gasteiger charge is 2.30. The molecule has 0 spiro atoms. The van der Waals surface area contributed by atoms with E-state index in [-0.39, 0.29) is 22.6 Å². The van der Waals surface area contributed by atoms with Crippen LogP contribution in [0.15, 0.2) is 24.4 Å². The number of ether oxygens (including phenoxy) is 1. The minimum absolute atomic E-state index is 0.0206. The molecule has 1 amide bonds. The summed E-state index contributed by atoms with van der Waals surface area (Å²) in [6.45, 7) is 14.9. The number of halogens is 2. The van der Waals surface area contributed by atoms with Crippen LogP contribution in [0.4, 0.5) is 9.18 Å². The third-order valence-corrected chi connectivity index (χ3v) is 5.83. The molecule has 1 saturated heterocycles. The van der Waals surface area contributed by atoms with Crippen molar-refractivity contribution in [3.05, 3.63) is 41.1 Å². The number of likely N-dealkylation sites (tertiary alicyclic amines) is 1. The van der Waals surface area contributed by atoms with Crippen molar-refractivity contribution in [2.75, 3.05) is 19.6 Å². The number of carbonyl (C=O) groups is 1. The van der Waals surface area contributed by atoms with Gasteiger partial charge in [-0.1, -0.05) is 11.6 Å². The number of nitrogens with zero attached hydrogens (tertiary/aromatic N) is 3. The Morgan fingerprint density at radius 3 is 2.45 bits per heavy atom. The molecule has 1 fully saturated rings. The van der Waals surface area contributed by atoms with E-state index in [2.05, 4.69) is 30.7 Å². The van der Waals surface area contributed by atoms with E-state index in [4.69, 9.17) is 21.3 Å². The monoisotopic (exact) mass is 478 g/mol. The highest BCUT2D eigenvalue weighted by molar-refractivity contribution is 6.31. The molecule has 8 heteroatoms. The van der Waals surface area contributed by atoms with E-state index in [0.717, 1.165) is 43.0 Å². The molecule has 2 heterocycles. The fourth-order valence-corrected chi connectivity index (χ4v) is 4.11. The Morgan fingerprint density at radius 1 is 1.21 bits per heavy atom. The lowest BCUT2D eigenvalue weighted by molar-refractivity contribution is 0.0202. The molecule has 0 aliphatic carbocycles. The summed E-state index contributed by atoms with van der Waals surface area (Å²) in [5, 5.41) is 3.61. The summed E-state index contributed by atoms with van der Waals surface area (Å²) >= 11 is 6.02. The van der Waals surface area contributed by atoms with Crippen LogP contribution in [0.3, 0.4) is 0 Å². The lowest BCUT2D eigenvalue weighted by Crippen LogP contribution is -2.41. The summed E-state index contributed by atoms with van der Waals surface area (Å²) in [4.78, 5) is 19.2. The summed E-state index contributed by atoms with van der Waals surface area (Å²) < 4.78 is 21.4. The standard InChI is InChI=1S/C25H36ClFN4O2/c1-24(2,3)28-11-14-31-16-21(18-7-8-20(27)19(26)15-18)29-22(31)17-9-12-30(13-10-17)23(32)33-25(4,5)6/h7-8,15-17,28H,9-14H2,1-6H3. The molecule has 0 radical (unpaired) electrons. The molecule has 1 aliphatic heterocycles. The van der Waals surface area contributed by atoms with Gasteiger partial charge in [0.15, 0.2) is 0 Å². The van der Waals surface area contributed by atoms with Crippen LogP contribution in [-0.2, 0) is 11.3 Å². The predicted molar refractivity (Wildman–Crippen MR) is 130 cm³/mol. The summed E-state index contributed by atoms with van der Waals surface area (Å²) in [6.07, 6.45) is 3.38. The van der Waals surface area contributed by atoms with Crippen LogP contribution in [0.2, 0.25) is 5.02 Å². The Bertz CT molecular complexity index is 970. The largest absolute Gasteiger partial charge is 0.444 e. The lowest BCUT2D eigenvalue weighted by Gasteiger charge is -2.33. The van der Waals surface area contributed by atoms with E-state index in [1.165, 1.54) is 6.07 Å². The number of amides is 1. The van der Waals surface area contributed by atoms with Crippen molar-refractivity contribution >= 4 is 17.7 Å². The number of rotatable bonds is 5. The SMILES string of the molecule is CC(C)(C)NCCn1cc(-c2ccc(F)c(Cl)c2)nc1C1CCN(C(=O)OC(C)(C)C)CC1. The molecule has 1 N–H and O–H groups in total. The van der Waals surface area contributed by atoms with Crippen molar-refractivity contribution in [3.8, 4) is 11.3 Å². The Labute approximate surface area is 201 Å². The maximum absolute atomic E-state index is 13.7. The molecule has 0 atom stereocenters. The van der Waals surface area contributed by atoms with E-state index in [9.17, 15) is 9.18 Å². The fraction of sp³-hybridized carbons (Fsp3) is 0.600. The first-order valence-corrected chi connectivity index (χ1v) is 12.0. The Kier molecular flexibility index (Phi) is 7.74. The fourth-order valence-electron chi connectivity index (χ4n) is 3.93. The van der Waals surface area contributed by atoms with E-state index in [0.29, 0.717) is 13.1 Å². The molecule has 1 aromatic heterocycles. The van der Waals surface area contributed by atoms with Gasteiger partial charge in [-0.2, -0.15) is 0 Å². The molecule has 0 bridgehead atoms. The number of aromatic nitrogens is 2. The Morgan fingerprint density at radius 2 is 1.88 bits per heavy atom. The van der Waals surface area contributed by atoms with Crippen LogP contribution >= 0.6 is 11.6 Å². The predicted octanol–water partition coefficient (Wildman–Crippen LogP) is 5.85. The second kappa shape index (κ2) is 10.0. The zero-order valence-corrected chi connectivity index (χ0v) is 21.3. The third kappa shape index (κ3) is 7.18. The van der Waals surface area contributed by atoms with Crippen LogP contribution in [0.5, 0.6) is 0 Å². The van der Waals surface area contributed by atoms with Gasteiger partial charge in [0.1, 0.15) is 17.2 Å². The van der Waals surface area contributed by atoms with Crippen molar-refractivity contribution < 1.29 is 13.9 Å².